The van der Waals surface area contributed by atoms with E-state index < -0.39 is 29.5 Å². The highest BCUT2D eigenvalue weighted by Crippen LogP contribution is 2.36. The van der Waals surface area contributed by atoms with Gasteiger partial charge in [-0.3, -0.25) is 4.79 Å². The monoisotopic (exact) mass is 341 g/mol. The molecule has 1 saturated carbocycles. The minimum atomic E-state index is -4.74. The number of benzene rings is 1. The molecule has 1 aromatic heterocycles. The van der Waals surface area contributed by atoms with Gasteiger partial charge in [-0.2, -0.15) is 18.2 Å². The van der Waals surface area contributed by atoms with Crippen LogP contribution in [0.4, 0.5) is 13.2 Å². The van der Waals surface area contributed by atoms with E-state index in [0.717, 1.165) is 0 Å². The van der Waals surface area contributed by atoms with Crippen molar-refractivity contribution >= 4 is 11.9 Å². The molecule has 10 heteroatoms. The Labute approximate surface area is 132 Å². The fraction of sp³-hybridized carbons (Fsp3) is 0.286. The second kappa shape index (κ2) is 5.32. The molecule has 1 amide bonds. The highest BCUT2D eigenvalue weighted by atomic mass is 19.4. The molecule has 1 heterocycles. The van der Waals surface area contributed by atoms with Gasteiger partial charge in [0, 0.05) is 11.1 Å². The Morgan fingerprint density at radius 2 is 1.83 bits per heavy atom. The first-order valence-corrected chi connectivity index (χ1v) is 6.78. The Morgan fingerprint density at radius 3 is 2.29 bits per heavy atom. The highest BCUT2D eigenvalue weighted by Gasteiger charge is 2.51. The van der Waals surface area contributed by atoms with Crippen molar-refractivity contribution in [2.24, 2.45) is 0 Å². The molecule has 0 spiro atoms. The third kappa shape index (κ3) is 2.94. The zero-order valence-corrected chi connectivity index (χ0v) is 11.9. The van der Waals surface area contributed by atoms with Crippen LogP contribution in [0.15, 0.2) is 28.8 Å². The van der Waals surface area contributed by atoms with E-state index in [1.54, 1.807) is 0 Å². The lowest BCUT2D eigenvalue weighted by molar-refractivity contribution is -0.159. The lowest BCUT2D eigenvalue weighted by Crippen LogP contribution is -2.43. The maximum atomic E-state index is 12.4. The number of carbonyl (C=O) groups is 2. The molecular weight excluding hydrogens is 331 g/mol. The minimum absolute atomic E-state index is 0.172. The van der Waals surface area contributed by atoms with Gasteiger partial charge in [-0.05, 0) is 25.0 Å². The standard InChI is InChI=1S/C14H10F3N3O4/c15-14(16,17)11-18-9(20-24-11)7-1-3-8(4-2-7)10(21)19-13(5-6-13)12(22)23/h1-4H,5-6H2,(H,19,21)(H,22,23). The molecule has 0 bridgehead atoms. The van der Waals surface area contributed by atoms with Crippen molar-refractivity contribution in [2.75, 3.05) is 0 Å². The number of aromatic nitrogens is 2. The Hall–Kier alpha value is -2.91. The van der Waals surface area contributed by atoms with E-state index in [4.69, 9.17) is 5.11 Å². The molecule has 0 saturated heterocycles. The van der Waals surface area contributed by atoms with Crippen molar-refractivity contribution in [3.63, 3.8) is 0 Å². The van der Waals surface area contributed by atoms with Crippen LogP contribution in [0, 0.1) is 0 Å². The summed E-state index contributed by atoms with van der Waals surface area (Å²) in [6.07, 6.45) is -4.02. The first-order valence-electron chi connectivity index (χ1n) is 6.78. The van der Waals surface area contributed by atoms with Crippen molar-refractivity contribution in [2.45, 2.75) is 24.6 Å². The normalized spacial score (nSPS) is 15.8. The zero-order chi connectivity index (χ0) is 17.5. The number of nitrogens with zero attached hydrogens (tertiary/aromatic N) is 2. The molecule has 1 aliphatic rings. The molecule has 2 N–H and O–H groups in total. The highest BCUT2D eigenvalue weighted by molar-refractivity contribution is 5.99. The molecule has 0 radical (unpaired) electrons. The molecule has 0 unspecified atom stereocenters. The molecule has 126 valence electrons. The van der Waals surface area contributed by atoms with Crippen LogP contribution in [0.5, 0.6) is 0 Å². The summed E-state index contributed by atoms with van der Waals surface area (Å²) in [5.74, 6) is -3.40. The van der Waals surface area contributed by atoms with Gasteiger partial charge in [-0.25, -0.2) is 4.79 Å². The largest absolute Gasteiger partial charge is 0.480 e. The van der Waals surface area contributed by atoms with E-state index in [1.807, 2.05) is 0 Å². The predicted octanol–water partition coefficient (Wildman–Crippen LogP) is 2.10. The molecular formula is C14H10F3N3O4. The van der Waals surface area contributed by atoms with Crippen molar-refractivity contribution < 1.29 is 32.4 Å². The predicted molar refractivity (Wildman–Crippen MR) is 71.8 cm³/mol. The van der Waals surface area contributed by atoms with E-state index in [2.05, 4.69) is 20.0 Å². The summed E-state index contributed by atoms with van der Waals surface area (Å²) in [5, 5.41) is 14.7. The number of alkyl halides is 3. The molecule has 3 rings (SSSR count). The number of nitrogens with one attached hydrogen (secondary N) is 1. The molecule has 7 nitrogen and oxygen atoms in total. The van der Waals surface area contributed by atoms with Gasteiger partial charge in [0.25, 0.3) is 5.91 Å². The molecule has 0 aliphatic heterocycles. The Balaban J connectivity index is 1.75. The number of aliphatic carboxylic acids is 1. The third-order valence-electron chi connectivity index (χ3n) is 3.59. The SMILES string of the molecule is O=C(NC1(C(=O)O)CC1)c1ccc(-c2noc(C(F)(F)F)n2)cc1. The smallest absolute Gasteiger partial charge is 0.471 e. The van der Waals surface area contributed by atoms with Crippen molar-refractivity contribution in [1.82, 2.24) is 15.5 Å². The summed E-state index contributed by atoms with van der Waals surface area (Å²) in [5.41, 5.74) is -0.818. The minimum Gasteiger partial charge on any atom is -0.480 e. The van der Waals surface area contributed by atoms with Crippen LogP contribution in [0.1, 0.15) is 29.1 Å². The van der Waals surface area contributed by atoms with Gasteiger partial charge in [0.15, 0.2) is 0 Å². The number of hydrogen-bond acceptors (Lipinski definition) is 5. The van der Waals surface area contributed by atoms with Crippen LogP contribution in [0.25, 0.3) is 11.4 Å². The number of carboxylic acid groups (broad SMARTS) is 1. The molecule has 24 heavy (non-hydrogen) atoms. The number of carbonyl (C=O) groups excluding carboxylic acids is 1. The van der Waals surface area contributed by atoms with E-state index in [0.29, 0.717) is 12.8 Å². The van der Waals surface area contributed by atoms with Crippen molar-refractivity contribution in [3.05, 3.63) is 35.7 Å². The summed E-state index contributed by atoms with van der Waals surface area (Å²) in [6.45, 7) is 0. The molecule has 1 aliphatic carbocycles. The summed E-state index contributed by atoms with van der Waals surface area (Å²) in [7, 11) is 0. The van der Waals surface area contributed by atoms with Gasteiger partial charge in [-0.1, -0.05) is 17.3 Å². The van der Waals surface area contributed by atoms with Gasteiger partial charge in [0.2, 0.25) is 5.82 Å². The fourth-order valence-corrected chi connectivity index (χ4v) is 2.03. The maximum absolute atomic E-state index is 12.4. The summed E-state index contributed by atoms with van der Waals surface area (Å²) in [4.78, 5) is 26.3. The Bertz CT molecular complexity index is 794. The van der Waals surface area contributed by atoms with E-state index in [9.17, 15) is 22.8 Å². The summed E-state index contributed by atoms with van der Waals surface area (Å²) in [6, 6.07) is 5.37. The van der Waals surface area contributed by atoms with Crippen LogP contribution in [-0.2, 0) is 11.0 Å². The summed E-state index contributed by atoms with van der Waals surface area (Å²) < 4.78 is 41.4. The van der Waals surface area contributed by atoms with Gasteiger partial charge < -0.3 is 14.9 Å². The number of carboxylic acids is 1. The van der Waals surface area contributed by atoms with Gasteiger partial charge in [-0.15, -0.1) is 0 Å². The van der Waals surface area contributed by atoms with E-state index in [-0.39, 0.29) is 17.0 Å². The third-order valence-corrected chi connectivity index (χ3v) is 3.59. The zero-order valence-electron chi connectivity index (χ0n) is 11.9. The number of rotatable bonds is 4. The molecule has 0 atom stereocenters. The van der Waals surface area contributed by atoms with Crippen LogP contribution >= 0.6 is 0 Å². The van der Waals surface area contributed by atoms with Gasteiger partial charge in [0.05, 0.1) is 0 Å². The summed E-state index contributed by atoms with van der Waals surface area (Å²) >= 11 is 0. The van der Waals surface area contributed by atoms with Crippen LogP contribution in [0.2, 0.25) is 0 Å². The average molecular weight is 341 g/mol. The van der Waals surface area contributed by atoms with Crippen molar-refractivity contribution in [3.8, 4) is 11.4 Å². The van der Waals surface area contributed by atoms with Crippen molar-refractivity contribution in [1.29, 1.82) is 0 Å². The van der Waals surface area contributed by atoms with Crippen LogP contribution in [-0.4, -0.2) is 32.7 Å². The Morgan fingerprint density at radius 1 is 1.21 bits per heavy atom. The molecule has 2 aromatic rings. The number of halogens is 3. The second-order valence-electron chi connectivity index (χ2n) is 5.34. The molecule has 1 fully saturated rings. The maximum Gasteiger partial charge on any atom is 0.471 e. The lowest BCUT2D eigenvalue weighted by Gasteiger charge is -2.12. The number of hydrogen-bond donors (Lipinski definition) is 2. The second-order valence-corrected chi connectivity index (χ2v) is 5.34. The topological polar surface area (TPSA) is 105 Å². The first-order chi connectivity index (χ1) is 11.2. The quantitative estimate of drug-likeness (QED) is 0.882. The molecule has 1 aromatic carbocycles. The van der Waals surface area contributed by atoms with E-state index in [1.165, 1.54) is 24.3 Å². The first kappa shape index (κ1) is 16.0. The number of amides is 1. The lowest BCUT2D eigenvalue weighted by atomic mass is 10.1. The average Bonchev–Trinajstić information content (AvgIpc) is 3.12. The van der Waals surface area contributed by atoms with Gasteiger partial charge >= 0.3 is 18.0 Å². The van der Waals surface area contributed by atoms with E-state index >= 15 is 0 Å². The fourth-order valence-electron chi connectivity index (χ4n) is 2.03. The Kier molecular flexibility index (Phi) is 3.54. The van der Waals surface area contributed by atoms with Crippen LogP contribution in [0.3, 0.4) is 0 Å². The van der Waals surface area contributed by atoms with Gasteiger partial charge in [0.1, 0.15) is 5.54 Å². The van der Waals surface area contributed by atoms with Crippen LogP contribution < -0.4 is 5.32 Å².